The molecule has 0 spiro atoms. The molecule has 148 valence electrons. The van der Waals surface area contributed by atoms with Gasteiger partial charge in [0.15, 0.2) is 23.9 Å². The Hall–Kier alpha value is -3.31. The van der Waals surface area contributed by atoms with Crippen LogP contribution in [0.4, 0.5) is 0 Å². The fourth-order valence-corrected chi connectivity index (χ4v) is 2.80. The Labute approximate surface area is 173 Å². The van der Waals surface area contributed by atoms with Crippen molar-refractivity contribution < 1.29 is 23.8 Å². The Morgan fingerprint density at radius 2 is 1.59 bits per heavy atom. The summed E-state index contributed by atoms with van der Waals surface area (Å²) in [5.74, 6) is -0.0546. The maximum atomic E-state index is 12.3. The van der Waals surface area contributed by atoms with E-state index in [9.17, 15) is 9.59 Å². The van der Waals surface area contributed by atoms with Gasteiger partial charge in [-0.3, -0.25) is 4.79 Å². The number of methoxy groups -OCH3 is 1. The quantitative estimate of drug-likeness (QED) is 0.387. The number of carbonyl (C=O) groups is 2. The van der Waals surface area contributed by atoms with Crippen molar-refractivity contribution in [1.82, 2.24) is 0 Å². The predicted octanol–water partition coefficient (Wildman–Crippen LogP) is 4.97. The summed E-state index contributed by atoms with van der Waals surface area (Å²) >= 11 is 6.14. The van der Waals surface area contributed by atoms with Crippen molar-refractivity contribution in [3.63, 3.8) is 0 Å². The van der Waals surface area contributed by atoms with Crippen LogP contribution in [0.15, 0.2) is 72.8 Å². The second-order valence-electron chi connectivity index (χ2n) is 6.11. The number of ketones is 1. The zero-order valence-corrected chi connectivity index (χ0v) is 16.5. The third-order valence-electron chi connectivity index (χ3n) is 4.17. The first-order valence-corrected chi connectivity index (χ1v) is 9.26. The summed E-state index contributed by atoms with van der Waals surface area (Å²) in [6.07, 6.45) is 0. The summed E-state index contributed by atoms with van der Waals surface area (Å²) in [5.41, 5.74) is 1.58. The van der Waals surface area contributed by atoms with Crippen LogP contribution >= 0.6 is 11.6 Å². The molecule has 0 aromatic heterocycles. The van der Waals surface area contributed by atoms with E-state index in [1.807, 2.05) is 24.3 Å². The summed E-state index contributed by atoms with van der Waals surface area (Å²) in [6, 6.07) is 20.7. The lowest BCUT2D eigenvalue weighted by atomic mass is 10.1. The maximum Gasteiger partial charge on any atom is 0.338 e. The second kappa shape index (κ2) is 9.75. The van der Waals surface area contributed by atoms with Gasteiger partial charge in [-0.05, 0) is 24.3 Å². The van der Waals surface area contributed by atoms with Gasteiger partial charge < -0.3 is 14.2 Å². The van der Waals surface area contributed by atoms with Gasteiger partial charge in [0.2, 0.25) is 0 Å². The van der Waals surface area contributed by atoms with Crippen molar-refractivity contribution in [2.45, 2.75) is 6.61 Å². The second-order valence-corrected chi connectivity index (χ2v) is 6.52. The first-order chi connectivity index (χ1) is 14.1. The fraction of sp³-hybridized carbons (Fsp3) is 0.130. The van der Waals surface area contributed by atoms with E-state index in [1.165, 1.54) is 13.2 Å². The molecule has 0 saturated heterocycles. The molecule has 0 amide bonds. The van der Waals surface area contributed by atoms with Crippen LogP contribution in [0.1, 0.15) is 26.3 Å². The summed E-state index contributed by atoms with van der Waals surface area (Å²) in [7, 11) is 1.48. The van der Waals surface area contributed by atoms with Crippen molar-refractivity contribution in [3.8, 4) is 11.5 Å². The minimum atomic E-state index is -0.620. The van der Waals surface area contributed by atoms with Crippen LogP contribution < -0.4 is 9.47 Å². The first-order valence-electron chi connectivity index (χ1n) is 8.88. The summed E-state index contributed by atoms with van der Waals surface area (Å²) in [5, 5.41) is 0.606. The molecule has 0 fully saturated rings. The average molecular weight is 411 g/mol. The summed E-state index contributed by atoms with van der Waals surface area (Å²) < 4.78 is 16.2. The van der Waals surface area contributed by atoms with Crippen molar-refractivity contribution in [3.05, 3.63) is 94.5 Å². The van der Waals surface area contributed by atoms with Gasteiger partial charge in [-0.25, -0.2) is 4.79 Å². The highest BCUT2D eigenvalue weighted by molar-refractivity contribution is 6.31. The van der Waals surface area contributed by atoms with E-state index >= 15 is 0 Å². The van der Waals surface area contributed by atoms with Crippen molar-refractivity contribution >= 4 is 23.4 Å². The van der Waals surface area contributed by atoms with E-state index in [1.54, 1.807) is 42.5 Å². The molecule has 0 radical (unpaired) electrons. The minimum absolute atomic E-state index is 0.255. The Kier molecular flexibility index (Phi) is 6.87. The lowest BCUT2D eigenvalue weighted by molar-refractivity contribution is 0.0474. The molecule has 0 atom stereocenters. The lowest BCUT2D eigenvalue weighted by Crippen LogP contribution is -2.14. The van der Waals surface area contributed by atoms with E-state index in [4.69, 9.17) is 25.8 Å². The number of benzene rings is 3. The minimum Gasteiger partial charge on any atom is -0.493 e. The third-order valence-corrected chi connectivity index (χ3v) is 4.54. The Morgan fingerprint density at radius 1 is 0.862 bits per heavy atom. The van der Waals surface area contributed by atoms with Crippen LogP contribution in [-0.2, 0) is 11.3 Å². The molecule has 0 bridgehead atoms. The molecule has 3 rings (SSSR count). The zero-order chi connectivity index (χ0) is 20.6. The van der Waals surface area contributed by atoms with Crippen LogP contribution in [-0.4, -0.2) is 25.5 Å². The van der Waals surface area contributed by atoms with Gasteiger partial charge in [0.05, 0.1) is 12.7 Å². The number of carbonyl (C=O) groups excluding carboxylic acids is 2. The monoisotopic (exact) mass is 410 g/mol. The smallest absolute Gasteiger partial charge is 0.338 e. The van der Waals surface area contributed by atoms with E-state index in [2.05, 4.69) is 0 Å². The SMILES string of the molecule is COc1cc(C(=O)OCC(=O)c2ccccc2)ccc1OCc1ccccc1Cl. The molecular weight excluding hydrogens is 392 g/mol. The molecule has 0 unspecified atom stereocenters. The van der Waals surface area contributed by atoms with Gasteiger partial charge in [0, 0.05) is 16.1 Å². The van der Waals surface area contributed by atoms with E-state index < -0.39 is 5.97 Å². The Bertz CT molecular complexity index is 1000. The van der Waals surface area contributed by atoms with Crippen molar-refractivity contribution in [1.29, 1.82) is 0 Å². The summed E-state index contributed by atoms with van der Waals surface area (Å²) in [4.78, 5) is 24.4. The third kappa shape index (κ3) is 5.36. The first kappa shape index (κ1) is 20.4. The molecule has 0 aliphatic rings. The largest absolute Gasteiger partial charge is 0.493 e. The van der Waals surface area contributed by atoms with Gasteiger partial charge in [-0.2, -0.15) is 0 Å². The standard InChI is InChI=1S/C23H19ClO5/c1-27-22-13-17(23(26)29-15-20(25)16-7-3-2-4-8-16)11-12-21(22)28-14-18-9-5-6-10-19(18)24/h2-13H,14-15H2,1H3. The molecule has 0 N–H and O–H groups in total. The highest BCUT2D eigenvalue weighted by Gasteiger charge is 2.15. The lowest BCUT2D eigenvalue weighted by Gasteiger charge is -2.13. The number of esters is 1. The van der Waals surface area contributed by atoms with Crippen LogP contribution in [0, 0.1) is 0 Å². The predicted molar refractivity (Wildman–Crippen MR) is 110 cm³/mol. The number of Topliss-reactive ketones (excluding diaryl/α,β-unsaturated/α-hetero) is 1. The van der Waals surface area contributed by atoms with Crippen LogP contribution in [0.5, 0.6) is 11.5 Å². The van der Waals surface area contributed by atoms with Crippen LogP contribution in [0.3, 0.4) is 0 Å². The Morgan fingerprint density at radius 3 is 2.31 bits per heavy atom. The van der Waals surface area contributed by atoms with Crippen LogP contribution in [0.2, 0.25) is 5.02 Å². The number of ether oxygens (including phenoxy) is 3. The molecule has 3 aromatic carbocycles. The van der Waals surface area contributed by atoms with E-state index in [0.717, 1.165) is 5.56 Å². The highest BCUT2D eigenvalue weighted by atomic mass is 35.5. The van der Waals surface area contributed by atoms with E-state index in [-0.39, 0.29) is 24.6 Å². The van der Waals surface area contributed by atoms with Crippen molar-refractivity contribution in [2.24, 2.45) is 0 Å². The van der Waals surface area contributed by atoms with E-state index in [0.29, 0.717) is 22.1 Å². The zero-order valence-electron chi connectivity index (χ0n) is 15.8. The molecule has 3 aromatic rings. The van der Waals surface area contributed by atoms with Gasteiger partial charge in [-0.1, -0.05) is 60.1 Å². The van der Waals surface area contributed by atoms with Gasteiger partial charge in [-0.15, -0.1) is 0 Å². The van der Waals surface area contributed by atoms with Crippen molar-refractivity contribution in [2.75, 3.05) is 13.7 Å². The van der Waals surface area contributed by atoms with Gasteiger partial charge in [0.25, 0.3) is 0 Å². The summed E-state index contributed by atoms with van der Waals surface area (Å²) in [6.45, 7) is -0.0820. The normalized spacial score (nSPS) is 10.3. The van der Waals surface area contributed by atoms with Crippen LogP contribution in [0.25, 0.3) is 0 Å². The Balaban J connectivity index is 1.63. The number of halogens is 1. The fourth-order valence-electron chi connectivity index (χ4n) is 2.61. The molecule has 0 aliphatic carbocycles. The number of hydrogen-bond donors (Lipinski definition) is 0. The maximum absolute atomic E-state index is 12.3. The molecule has 0 heterocycles. The number of hydrogen-bond acceptors (Lipinski definition) is 5. The molecule has 6 heteroatoms. The average Bonchev–Trinajstić information content (AvgIpc) is 2.77. The van der Waals surface area contributed by atoms with Gasteiger partial charge in [0.1, 0.15) is 6.61 Å². The molecule has 29 heavy (non-hydrogen) atoms. The topological polar surface area (TPSA) is 61.8 Å². The molecular formula is C23H19ClO5. The highest BCUT2D eigenvalue weighted by Crippen LogP contribution is 2.30. The number of rotatable bonds is 8. The van der Waals surface area contributed by atoms with Gasteiger partial charge >= 0.3 is 5.97 Å². The molecule has 0 aliphatic heterocycles. The molecule has 5 nitrogen and oxygen atoms in total. The molecule has 0 saturated carbocycles.